The molecule has 1 rings (SSSR count). The molecule has 0 saturated heterocycles. The van der Waals surface area contributed by atoms with E-state index in [0.717, 1.165) is 38.0 Å². The second-order valence-electron chi connectivity index (χ2n) is 3.64. The molecular formula is C13H20O2. The van der Waals surface area contributed by atoms with Crippen molar-refractivity contribution < 1.29 is 9.84 Å². The van der Waals surface area contributed by atoms with Crippen molar-refractivity contribution in [3.05, 3.63) is 29.8 Å². The highest BCUT2D eigenvalue weighted by atomic mass is 16.5. The molecule has 1 aromatic carbocycles. The molecule has 0 atom stereocenters. The van der Waals surface area contributed by atoms with Gasteiger partial charge in [-0.25, -0.2) is 0 Å². The van der Waals surface area contributed by atoms with Gasteiger partial charge < -0.3 is 9.84 Å². The van der Waals surface area contributed by atoms with Gasteiger partial charge in [-0.2, -0.15) is 0 Å². The van der Waals surface area contributed by atoms with E-state index >= 15 is 0 Å². The van der Waals surface area contributed by atoms with E-state index in [4.69, 9.17) is 9.84 Å². The van der Waals surface area contributed by atoms with Gasteiger partial charge >= 0.3 is 0 Å². The maximum absolute atomic E-state index is 8.79. The zero-order chi connectivity index (χ0) is 10.9. The number of hydrogen-bond donors (Lipinski definition) is 1. The van der Waals surface area contributed by atoms with Crippen LogP contribution >= 0.6 is 0 Å². The summed E-state index contributed by atoms with van der Waals surface area (Å²) in [5.74, 6) is 0.972. The number of rotatable bonds is 7. The van der Waals surface area contributed by atoms with Crippen LogP contribution in [0.5, 0.6) is 5.75 Å². The SMILES string of the molecule is CCCCOc1ccccc1CCCO. The Labute approximate surface area is 91.9 Å². The van der Waals surface area contributed by atoms with Crippen LogP contribution < -0.4 is 4.74 Å². The molecule has 0 unspecified atom stereocenters. The standard InChI is InChI=1S/C13H20O2/c1-2-3-11-15-13-9-5-4-7-12(13)8-6-10-14/h4-5,7,9,14H,2-3,6,8,10-11H2,1H3. The molecule has 2 nitrogen and oxygen atoms in total. The van der Waals surface area contributed by atoms with Crippen LogP contribution in [-0.4, -0.2) is 18.3 Å². The zero-order valence-corrected chi connectivity index (χ0v) is 9.41. The van der Waals surface area contributed by atoms with Crippen molar-refractivity contribution in [1.82, 2.24) is 0 Å². The summed E-state index contributed by atoms with van der Waals surface area (Å²) in [7, 11) is 0. The summed E-state index contributed by atoms with van der Waals surface area (Å²) >= 11 is 0. The van der Waals surface area contributed by atoms with Gasteiger partial charge in [0.25, 0.3) is 0 Å². The molecule has 0 aliphatic carbocycles. The van der Waals surface area contributed by atoms with E-state index in [1.165, 1.54) is 5.56 Å². The third kappa shape index (κ3) is 4.34. The molecule has 0 aliphatic rings. The maximum atomic E-state index is 8.79. The molecule has 0 radical (unpaired) electrons. The summed E-state index contributed by atoms with van der Waals surface area (Å²) in [4.78, 5) is 0. The Bertz CT molecular complexity index is 271. The van der Waals surface area contributed by atoms with Crippen LogP contribution in [0.4, 0.5) is 0 Å². The fourth-order valence-corrected chi connectivity index (χ4v) is 1.45. The second-order valence-corrected chi connectivity index (χ2v) is 3.64. The molecule has 0 spiro atoms. The Morgan fingerprint density at radius 1 is 1.20 bits per heavy atom. The number of para-hydroxylation sites is 1. The first-order chi connectivity index (χ1) is 7.38. The van der Waals surface area contributed by atoms with Crippen molar-refractivity contribution >= 4 is 0 Å². The van der Waals surface area contributed by atoms with Gasteiger partial charge in [-0.1, -0.05) is 31.5 Å². The van der Waals surface area contributed by atoms with Gasteiger partial charge in [0.1, 0.15) is 5.75 Å². The minimum Gasteiger partial charge on any atom is -0.493 e. The van der Waals surface area contributed by atoms with Crippen LogP contribution in [0.2, 0.25) is 0 Å². The quantitative estimate of drug-likeness (QED) is 0.698. The summed E-state index contributed by atoms with van der Waals surface area (Å²) in [6.07, 6.45) is 3.93. The molecular weight excluding hydrogens is 188 g/mol. The Hall–Kier alpha value is -1.02. The van der Waals surface area contributed by atoms with Crippen molar-refractivity contribution in [2.75, 3.05) is 13.2 Å². The molecule has 0 aromatic heterocycles. The molecule has 0 bridgehead atoms. The Balaban J connectivity index is 2.52. The Kier molecular flexibility index (Phi) is 5.86. The van der Waals surface area contributed by atoms with Crippen LogP contribution in [0.3, 0.4) is 0 Å². The topological polar surface area (TPSA) is 29.5 Å². The average molecular weight is 208 g/mol. The monoisotopic (exact) mass is 208 g/mol. The van der Waals surface area contributed by atoms with E-state index in [2.05, 4.69) is 13.0 Å². The number of aryl methyl sites for hydroxylation is 1. The molecule has 0 amide bonds. The molecule has 1 N–H and O–H groups in total. The van der Waals surface area contributed by atoms with E-state index in [1.54, 1.807) is 0 Å². The smallest absolute Gasteiger partial charge is 0.122 e. The number of aliphatic hydroxyl groups excluding tert-OH is 1. The van der Waals surface area contributed by atoms with Crippen LogP contribution in [0, 0.1) is 0 Å². The van der Waals surface area contributed by atoms with Crippen molar-refractivity contribution in [1.29, 1.82) is 0 Å². The summed E-state index contributed by atoms with van der Waals surface area (Å²) in [6, 6.07) is 8.07. The molecule has 15 heavy (non-hydrogen) atoms. The molecule has 0 saturated carbocycles. The maximum Gasteiger partial charge on any atom is 0.122 e. The first-order valence-electron chi connectivity index (χ1n) is 5.70. The minimum atomic E-state index is 0.239. The Morgan fingerprint density at radius 3 is 2.73 bits per heavy atom. The predicted molar refractivity (Wildman–Crippen MR) is 62.3 cm³/mol. The summed E-state index contributed by atoms with van der Waals surface area (Å²) in [5.41, 5.74) is 1.20. The number of hydrogen-bond acceptors (Lipinski definition) is 2. The fourth-order valence-electron chi connectivity index (χ4n) is 1.45. The third-order valence-corrected chi connectivity index (χ3v) is 2.33. The lowest BCUT2D eigenvalue weighted by molar-refractivity contribution is 0.284. The van der Waals surface area contributed by atoms with E-state index < -0.39 is 0 Å². The van der Waals surface area contributed by atoms with Crippen molar-refractivity contribution in [3.63, 3.8) is 0 Å². The lowest BCUT2D eigenvalue weighted by atomic mass is 10.1. The average Bonchev–Trinajstić information content (AvgIpc) is 2.28. The van der Waals surface area contributed by atoms with Crippen LogP contribution in [0.1, 0.15) is 31.7 Å². The van der Waals surface area contributed by atoms with E-state index in [9.17, 15) is 0 Å². The largest absolute Gasteiger partial charge is 0.493 e. The highest BCUT2D eigenvalue weighted by molar-refractivity contribution is 5.33. The highest BCUT2D eigenvalue weighted by Gasteiger charge is 2.01. The van der Waals surface area contributed by atoms with Gasteiger partial charge in [0, 0.05) is 6.61 Å². The predicted octanol–water partition coefficient (Wildman–Crippen LogP) is 2.79. The summed E-state index contributed by atoms with van der Waals surface area (Å²) < 4.78 is 5.69. The normalized spacial score (nSPS) is 10.3. The van der Waals surface area contributed by atoms with Gasteiger partial charge in [-0.15, -0.1) is 0 Å². The molecule has 1 aromatic rings. The first kappa shape index (κ1) is 12.1. The van der Waals surface area contributed by atoms with Gasteiger partial charge in [0.2, 0.25) is 0 Å². The van der Waals surface area contributed by atoms with Gasteiger partial charge in [-0.05, 0) is 30.9 Å². The number of benzene rings is 1. The third-order valence-electron chi connectivity index (χ3n) is 2.33. The Morgan fingerprint density at radius 2 is 2.00 bits per heavy atom. The number of ether oxygens (including phenoxy) is 1. The number of unbranched alkanes of at least 4 members (excludes halogenated alkanes) is 1. The van der Waals surface area contributed by atoms with Crippen LogP contribution in [-0.2, 0) is 6.42 Å². The number of aliphatic hydroxyl groups is 1. The van der Waals surface area contributed by atoms with Gasteiger partial charge in [0.15, 0.2) is 0 Å². The minimum absolute atomic E-state index is 0.239. The summed E-state index contributed by atoms with van der Waals surface area (Å²) in [5, 5.41) is 8.79. The summed E-state index contributed by atoms with van der Waals surface area (Å²) in [6.45, 7) is 3.18. The van der Waals surface area contributed by atoms with Crippen molar-refractivity contribution in [3.8, 4) is 5.75 Å². The molecule has 0 heterocycles. The molecule has 84 valence electrons. The lowest BCUT2D eigenvalue weighted by Crippen LogP contribution is -2.00. The zero-order valence-electron chi connectivity index (χ0n) is 9.41. The lowest BCUT2D eigenvalue weighted by Gasteiger charge is -2.10. The molecule has 0 fully saturated rings. The first-order valence-corrected chi connectivity index (χ1v) is 5.70. The molecule has 2 heteroatoms. The van der Waals surface area contributed by atoms with E-state index in [0.29, 0.717) is 0 Å². The van der Waals surface area contributed by atoms with Crippen molar-refractivity contribution in [2.45, 2.75) is 32.6 Å². The van der Waals surface area contributed by atoms with E-state index in [-0.39, 0.29) is 6.61 Å². The van der Waals surface area contributed by atoms with Crippen molar-refractivity contribution in [2.24, 2.45) is 0 Å². The van der Waals surface area contributed by atoms with Gasteiger partial charge in [0.05, 0.1) is 6.61 Å². The highest BCUT2D eigenvalue weighted by Crippen LogP contribution is 2.19. The van der Waals surface area contributed by atoms with Crippen LogP contribution in [0.25, 0.3) is 0 Å². The fraction of sp³-hybridized carbons (Fsp3) is 0.538. The molecule has 0 aliphatic heterocycles. The van der Waals surface area contributed by atoms with E-state index in [1.807, 2.05) is 18.2 Å². The second kappa shape index (κ2) is 7.30. The van der Waals surface area contributed by atoms with Crippen LogP contribution in [0.15, 0.2) is 24.3 Å². The van der Waals surface area contributed by atoms with Gasteiger partial charge in [-0.3, -0.25) is 0 Å².